The maximum Gasteiger partial charge on any atom is 0.151 e. The van der Waals surface area contributed by atoms with Crippen LogP contribution < -0.4 is 5.32 Å². The lowest BCUT2D eigenvalue weighted by Gasteiger charge is -2.03. The third kappa shape index (κ3) is 3.71. The van der Waals surface area contributed by atoms with Crippen LogP contribution >= 0.6 is 23.1 Å². The number of rotatable bonds is 6. The average molecular weight is 316 g/mol. The van der Waals surface area contributed by atoms with Crippen LogP contribution in [0.5, 0.6) is 0 Å². The van der Waals surface area contributed by atoms with E-state index in [1.807, 2.05) is 24.4 Å². The first-order chi connectivity index (χ1) is 10.3. The SMILES string of the molecule is CCCNc1cnc(CSc2nc3ccccc3s2)cn1. The first-order valence-electron chi connectivity index (χ1n) is 6.88. The van der Waals surface area contributed by atoms with E-state index in [1.54, 1.807) is 29.3 Å². The van der Waals surface area contributed by atoms with Crippen molar-refractivity contribution in [3.63, 3.8) is 0 Å². The Labute approximate surface area is 132 Å². The van der Waals surface area contributed by atoms with Gasteiger partial charge in [-0.2, -0.15) is 0 Å². The molecule has 2 heterocycles. The second-order valence-corrected chi connectivity index (χ2v) is 6.81. The Morgan fingerprint density at radius 3 is 2.86 bits per heavy atom. The first-order valence-corrected chi connectivity index (χ1v) is 8.68. The molecule has 2 aromatic heterocycles. The van der Waals surface area contributed by atoms with E-state index in [9.17, 15) is 0 Å². The summed E-state index contributed by atoms with van der Waals surface area (Å²) in [6.07, 6.45) is 4.71. The second kappa shape index (κ2) is 6.87. The van der Waals surface area contributed by atoms with E-state index in [4.69, 9.17) is 0 Å². The maximum absolute atomic E-state index is 4.61. The molecule has 0 amide bonds. The molecule has 108 valence electrons. The topological polar surface area (TPSA) is 50.7 Å². The van der Waals surface area contributed by atoms with E-state index in [2.05, 4.69) is 33.3 Å². The molecule has 1 N–H and O–H groups in total. The Morgan fingerprint density at radius 2 is 2.10 bits per heavy atom. The summed E-state index contributed by atoms with van der Waals surface area (Å²) < 4.78 is 2.30. The van der Waals surface area contributed by atoms with Crippen LogP contribution in [0.15, 0.2) is 41.0 Å². The van der Waals surface area contributed by atoms with Crippen LogP contribution in [-0.4, -0.2) is 21.5 Å². The van der Waals surface area contributed by atoms with Gasteiger partial charge in [-0.15, -0.1) is 11.3 Å². The standard InChI is InChI=1S/C15H16N4S2/c1-2-7-16-14-9-17-11(8-18-14)10-20-15-19-12-5-3-4-6-13(12)21-15/h3-6,8-9H,2,7,10H2,1H3,(H,16,18). The highest BCUT2D eigenvalue weighted by molar-refractivity contribution is 8.00. The number of hydrogen-bond acceptors (Lipinski definition) is 6. The molecule has 6 heteroatoms. The quantitative estimate of drug-likeness (QED) is 0.691. The number of hydrogen-bond donors (Lipinski definition) is 1. The molecule has 0 atom stereocenters. The van der Waals surface area contributed by atoms with E-state index in [0.29, 0.717) is 0 Å². The largest absolute Gasteiger partial charge is 0.369 e. The van der Waals surface area contributed by atoms with Crippen molar-refractivity contribution in [3.8, 4) is 0 Å². The summed E-state index contributed by atoms with van der Waals surface area (Å²) in [5.74, 6) is 1.63. The first kappa shape index (κ1) is 14.3. The molecule has 3 rings (SSSR count). The van der Waals surface area contributed by atoms with E-state index in [1.165, 1.54) is 4.70 Å². The summed E-state index contributed by atoms with van der Waals surface area (Å²) in [4.78, 5) is 13.4. The number of nitrogens with one attached hydrogen (secondary N) is 1. The summed E-state index contributed by atoms with van der Waals surface area (Å²) in [5.41, 5.74) is 2.04. The molecule has 0 aliphatic carbocycles. The molecule has 3 aromatic rings. The number of nitrogens with zero attached hydrogens (tertiary/aromatic N) is 3. The van der Waals surface area contributed by atoms with Crippen molar-refractivity contribution in [2.75, 3.05) is 11.9 Å². The van der Waals surface area contributed by atoms with Crippen molar-refractivity contribution in [2.24, 2.45) is 0 Å². The summed E-state index contributed by atoms with van der Waals surface area (Å²) in [6, 6.07) is 8.21. The fourth-order valence-corrected chi connectivity index (χ4v) is 3.78. The number of fused-ring (bicyclic) bond motifs is 1. The van der Waals surface area contributed by atoms with Crippen molar-refractivity contribution in [2.45, 2.75) is 23.4 Å². The van der Waals surface area contributed by atoms with E-state index in [-0.39, 0.29) is 0 Å². The van der Waals surface area contributed by atoms with Crippen LogP contribution in [0.1, 0.15) is 19.0 Å². The highest BCUT2D eigenvalue weighted by Gasteiger charge is 2.05. The minimum Gasteiger partial charge on any atom is -0.369 e. The predicted molar refractivity (Wildman–Crippen MR) is 90.0 cm³/mol. The Balaban J connectivity index is 1.61. The smallest absolute Gasteiger partial charge is 0.151 e. The molecule has 0 saturated heterocycles. The van der Waals surface area contributed by atoms with Crippen molar-refractivity contribution in [3.05, 3.63) is 42.4 Å². The van der Waals surface area contributed by atoms with Gasteiger partial charge in [0.15, 0.2) is 4.34 Å². The minimum absolute atomic E-state index is 0.793. The number of aromatic nitrogens is 3. The molecule has 0 radical (unpaired) electrons. The zero-order valence-corrected chi connectivity index (χ0v) is 13.4. The van der Waals surface area contributed by atoms with Crippen LogP contribution in [-0.2, 0) is 5.75 Å². The van der Waals surface area contributed by atoms with Crippen LogP contribution in [0.4, 0.5) is 5.82 Å². The Morgan fingerprint density at radius 1 is 1.19 bits per heavy atom. The zero-order valence-electron chi connectivity index (χ0n) is 11.7. The van der Waals surface area contributed by atoms with Gasteiger partial charge in [0.25, 0.3) is 0 Å². The summed E-state index contributed by atoms with van der Waals surface area (Å²) >= 11 is 3.43. The van der Waals surface area contributed by atoms with Gasteiger partial charge in [0, 0.05) is 12.3 Å². The van der Waals surface area contributed by atoms with Gasteiger partial charge in [0.05, 0.1) is 28.3 Å². The molecule has 1 aromatic carbocycles. The highest BCUT2D eigenvalue weighted by Crippen LogP contribution is 2.30. The predicted octanol–water partition coefficient (Wildman–Crippen LogP) is 4.20. The molecule has 0 unspecified atom stereocenters. The lowest BCUT2D eigenvalue weighted by atomic mass is 10.3. The van der Waals surface area contributed by atoms with E-state index < -0.39 is 0 Å². The maximum atomic E-state index is 4.61. The normalized spacial score (nSPS) is 10.9. The third-order valence-corrected chi connectivity index (χ3v) is 5.09. The molecule has 0 aliphatic rings. The number of para-hydroxylation sites is 1. The van der Waals surface area contributed by atoms with Crippen molar-refractivity contribution in [1.82, 2.24) is 15.0 Å². The van der Waals surface area contributed by atoms with Crippen LogP contribution in [0.3, 0.4) is 0 Å². The van der Waals surface area contributed by atoms with E-state index in [0.717, 1.165) is 40.1 Å². The molecular weight excluding hydrogens is 300 g/mol. The molecular formula is C15H16N4S2. The van der Waals surface area contributed by atoms with Gasteiger partial charge < -0.3 is 5.32 Å². The number of benzene rings is 1. The molecule has 4 nitrogen and oxygen atoms in total. The molecule has 0 bridgehead atoms. The average Bonchev–Trinajstić information content (AvgIpc) is 2.95. The van der Waals surface area contributed by atoms with Gasteiger partial charge in [-0.1, -0.05) is 30.8 Å². The summed E-state index contributed by atoms with van der Waals surface area (Å²) in [6.45, 7) is 3.05. The van der Waals surface area contributed by atoms with Crippen molar-refractivity contribution < 1.29 is 0 Å². The van der Waals surface area contributed by atoms with Crippen molar-refractivity contribution >= 4 is 39.1 Å². The molecule has 0 fully saturated rings. The lowest BCUT2D eigenvalue weighted by Crippen LogP contribution is -2.02. The van der Waals surface area contributed by atoms with E-state index >= 15 is 0 Å². The van der Waals surface area contributed by atoms with Gasteiger partial charge >= 0.3 is 0 Å². The highest BCUT2D eigenvalue weighted by atomic mass is 32.2. The van der Waals surface area contributed by atoms with Gasteiger partial charge in [0.1, 0.15) is 5.82 Å². The summed E-state index contributed by atoms with van der Waals surface area (Å²) in [5, 5.41) is 3.22. The molecule has 0 aliphatic heterocycles. The lowest BCUT2D eigenvalue weighted by molar-refractivity contribution is 0.960. The fourth-order valence-electron chi connectivity index (χ4n) is 1.82. The molecule has 0 spiro atoms. The summed E-state index contributed by atoms with van der Waals surface area (Å²) in [7, 11) is 0. The monoisotopic (exact) mass is 316 g/mol. The Hall–Kier alpha value is -1.66. The van der Waals surface area contributed by atoms with Gasteiger partial charge in [-0.3, -0.25) is 4.98 Å². The number of anilines is 1. The Kier molecular flexibility index (Phi) is 4.67. The van der Waals surface area contributed by atoms with Gasteiger partial charge in [-0.05, 0) is 18.6 Å². The van der Waals surface area contributed by atoms with Crippen LogP contribution in [0.25, 0.3) is 10.2 Å². The van der Waals surface area contributed by atoms with Crippen molar-refractivity contribution in [1.29, 1.82) is 0 Å². The molecule has 21 heavy (non-hydrogen) atoms. The minimum atomic E-state index is 0.793. The number of thioether (sulfide) groups is 1. The van der Waals surface area contributed by atoms with Gasteiger partial charge in [0.2, 0.25) is 0 Å². The van der Waals surface area contributed by atoms with Gasteiger partial charge in [-0.25, -0.2) is 9.97 Å². The zero-order chi connectivity index (χ0) is 14.5. The fraction of sp³-hybridized carbons (Fsp3) is 0.267. The molecule has 0 saturated carbocycles. The third-order valence-electron chi connectivity index (χ3n) is 2.88. The second-order valence-electron chi connectivity index (χ2n) is 4.56. The number of thiazole rings is 1. The Bertz CT molecular complexity index is 676. The van der Waals surface area contributed by atoms with Crippen LogP contribution in [0.2, 0.25) is 0 Å². The van der Waals surface area contributed by atoms with Crippen LogP contribution in [0, 0.1) is 0 Å².